The maximum absolute atomic E-state index is 13.2. The average Bonchev–Trinajstić information content (AvgIpc) is 3.06. The molecule has 1 saturated carbocycles. The van der Waals surface area contributed by atoms with Gasteiger partial charge in [0.15, 0.2) is 5.65 Å². The third-order valence-corrected chi connectivity index (χ3v) is 4.90. The zero-order valence-corrected chi connectivity index (χ0v) is 13.8. The Kier molecular flexibility index (Phi) is 4.01. The molecule has 0 bridgehead atoms. The van der Waals surface area contributed by atoms with Gasteiger partial charge in [-0.3, -0.25) is 0 Å². The summed E-state index contributed by atoms with van der Waals surface area (Å²) < 4.78 is 14.9. The van der Waals surface area contributed by atoms with E-state index in [9.17, 15) is 4.39 Å². The van der Waals surface area contributed by atoms with Crippen LogP contribution < -0.4 is 16.8 Å². The molecule has 0 unspecified atom stereocenters. The van der Waals surface area contributed by atoms with E-state index >= 15 is 0 Å². The molecule has 0 atom stereocenters. The normalized spacial score (nSPS) is 20.7. The fourth-order valence-corrected chi connectivity index (χ4v) is 3.60. The Hall–Kier alpha value is -2.67. The number of nitrogen functional groups attached to an aromatic ring is 1. The number of benzene rings is 1. The second kappa shape index (κ2) is 6.33. The van der Waals surface area contributed by atoms with Crippen molar-refractivity contribution in [1.82, 2.24) is 14.6 Å². The standard InChI is InChI=1S/C18H21FN6/c19-12-3-7-14(8-4-12)23-16-15(11-1-5-13(20)6-2-11)17(21)24-25-10-9-22-18(16)25/h3-4,7-11,13,23H,1-2,5-6,20H2,(H2,21,24). The lowest BCUT2D eigenvalue weighted by Gasteiger charge is -2.28. The van der Waals surface area contributed by atoms with Crippen molar-refractivity contribution in [3.63, 3.8) is 0 Å². The minimum atomic E-state index is -0.271. The molecule has 0 radical (unpaired) electrons. The molecule has 3 aromatic rings. The third-order valence-electron chi connectivity index (χ3n) is 4.90. The Morgan fingerprint density at radius 2 is 1.84 bits per heavy atom. The first-order valence-electron chi connectivity index (χ1n) is 8.52. The number of anilines is 3. The summed E-state index contributed by atoms with van der Waals surface area (Å²) >= 11 is 0. The van der Waals surface area contributed by atoms with Crippen LogP contribution in [0.25, 0.3) is 5.65 Å². The Morgan fingerprint density at radius 3 is 2.56 bits per heavy atom. The Bertz CT molecular complexity index is 880. The van der Waals surface area contributed by atoms with E-state index in [2.05, 4.69) is 15.4 Å². The van der Waals surface area contributed by atoms with Gasteiger partial charge in [-0.2, -0.15) is 0 Å². The number of imidazole rings is 1. The van der Waals surface area contributed by atoms with E-state index in [0.717, 1.165) is 42.6 Å². The molecule has 7 heteroatoms. The van der Waals surface area contributed by atoms with E-state index < -0.39 is 0 Å². The van der Waals surface area contributed by atoms with Crippen LogP contribution in [0.15, 0.2) is 36.7 Å². The lowest BCUT2D eigenvalue weighted by Crippen LogP contribution is -2.26. The molecular weight excluding hydrogens is 319 g/mol. The van der Waals surface area contributed by atoms with Crippen LogP contribution in [0.4, 0.5) is 21.6 Å². The predicted octanol–water partition coefficient (Wildman–Crippen LogP) is 3.18. The number of fused-ring (bicyclic) bond motifs is 1. The van der Waals surface area contributed by atoms with E-state index in [-0.39, 0.29) is 17.8 Å². The van der Waals surface area contributed by atoms with E-state index in [0.29, 0.717) is 11.5 Å². The van der Waals surface area contributed by atoms with Gasteiger partial charge in [-0.1, -0.05) is 0 Å². The van der Waals surface area contributed by atoms with Crippen LogP contribution in [0, 0.1) is 5.82 Å². The zero-order chi connectivity index (χ0) is 17.4. The van der Waals surface area contributed by atoms with Crippen LogP contribution in [-0.2, 0) is 0 Å². The largest absolute Gasteiger partial charge is 0.382 e. The van der Waals surface area contributed by atoms with E-state index in [4.69, 9.17) is 11.5 Å². The van der Waals surface area contributed by atoms with Gasteiger partial charge < -0.3 is 16.8 Å². The number of nitrogens with zero attached hydrogens (tertiary/aromatic N) is 3. The summed E-state index contributed by atoms with van der Waals surface area (Å²) in [6, 6.07) is 6.51. The van der Waals surface area contributed by atoms with Crippen LogP contribution >= 0.6 is 0 Å². The highest BCUT2D eigenvalue weighted by Crippen LogP contribution is 2.41. The van der Waals surface area contributed by atoms with Crippen molar-refractivity contribution in [2.24, 2.45) is 5.73 Å². The van der Waals surface area contributed by atoms with Gasteiger partial charge in [-0.15, -0.1) is 5.10 Å². The van der Waals surface area contributed by atoms with Crippen molar-refractivity contribution in [1.29, 1.82) is 0 Å². The zero-order valence-electron chi connectivity index (χ0n) is 13.8. The van der Waals surface area contributed by atoms with E-state index in [1.807, 2.05) is 0 Å². The molecule has 1 fully saturated rings. The average molecular weight is 340 g/mol. The first-order chi connectivity index (χ1) is 12.1. The monoisotopic (exact) mass is 340 g/mol. The third kappa shape index (κ3) is 3.02. The minimum Gasteiger partial charge on any atom is -0.382 e. The highest BCUT2D eigenvalue weighted by Gasteiger charge is 2.27. The number of nitrogens with one attached hydrogen (secondary N) is 1. The summed E-state index contributed by atoms with van der Waals surface area (Å²) in [7, 11) is 0. The molecule has 0 spiro atoms. The van der Waals surface area contributed by atoms with Crippen molar-refractivity contribution in [3.8, 4) is 0 Å². The quantitative estimate of drug-likeness (QED) is 0.681. The summed E-state index contributed by atoms with van der Waals surface area (Å²) in [6.07, 6.45) is 7.35. The Balaban J connectivity index is 1.80. The molecule has 0 amide bonds. The molecule has 4 rings (SSSR count). The second-order valence-corrected chi connectivity index (χ2v) is 6.61. The highest BCUT2D eigenvalue weighted by molar-refractivity contribution is 5.80. The van der Waals surface area contributed by atoms with Crippen molar-refractivity contribution < 1.29 is 4.39 Å². The molecule has 25 heavy (non-hydrogen) atoms. The van der Waals surface area contributed by atoms with Gasteiger partial charge in [-0.25, -0.2) is 13.9 Å². The molecule has 0 aliphatic heterocycles. The summed E-state index contributed by atoms with van der Waals surface area (Å²) in [5.74, 6) is 0.514. The van der Waals surface area contributed by atoms with Gasteiger partial charge in [0.25, 0.3) is 0 Å². The molecule has 6 nitrogen and oxygen atoms in total. The summed E-state index contributed by atoms with van der Waals surface area (Å²) in [6.45, 7) is 0. The molecule has 2 aromatic heterocycles. The smallest absolute Gasteiger partial charge is 0.177 e. The van der Waals surface area contributed by atoms with Gasteiger partial charge in [0, 0.05) is 29.7 Å². The first-order valence-corrected chi connectivity index (χ1v) is 8.52. The Morgan fingerprint density at radius 1 is 1.12 bits per heavy atom. The predicted molar refractivity (Wildman–Crippen MR) is 96.3 cm³/mol. The molecule has 2 heterocycles. The summed E-state index contributed by atoms with van der Waals surface area (Å²) in [4.78, 5) is 4.43. The van der Waals surface area contributed by atoms with E-state index in [1.54, 1.807) is 29.0 Å². The van der Waals surface area contributed by atoms with Gasteiger partial charge in [0.1, 0.15) is 11.6 Å². The Labute approximate surface area is 145 Å². The molecular formula is C18H21FN6. The van der Waals surface area contributed by atoms with Gasteiger partial charge >= 0.3 is 0 Å². The minimum absolute atomic E-state index is 0.258. The van der Waals surface area contributed by atoms with Gasteiger partial charge in [0.2, 0.25) is 0 Å². The lowest BCUT2D eigenvalue weighted by atomic mass is 9.81. The molecule has 5 N–H and O–H groups in total. The molecule has 1 aliphatic rings. The van der Waals surface area contributed by atoms with Crippen molar-refractivity contribution in [3.05, 3.63) is 48.0 Å². The maximum Gasteiger partial charge on any atom is 0.177 e. The van der Waals surface area contributed by atoms with Gasteiger partial charge in [-0.05, 0) is 55.9 Å². The van der Waals surface area contributed by atoms with Gasteiger partial charge in [0.05, 0.1) is 5.69 Å². The van der Waals surface area contributed by atoms with Crippen LogP contribution in [0.3, 0.4) is 0 Å². The fraction of sp³-hybridized carbons (Fsp3) is 0.333. The van der Waals surface area contributed by atoms with Crippen molar-refractivity contribution in [2.75, 3.05) is 11.1 Å². The number of rotatable bonds is 3. The number of nitrogens with two attached hydrogens (primary N) is 2. The summed E-state index contributed by atoms with van der Waals surface area (Å²) in [5, 5.41) is 7.82. The SMILES string of the molecule is Nc1nn2ccnc2c(Nc2ccc(F)cc2)c1C1CCC(N)CC1. The number of hydrogen-bond acceptors (Lipinski definition) is 5. The van der Waals surface area contributed by atoms with Crippen LogP contribution in [0.1, 0.15) is 37.2 Å². The topological polar surface area (TPSA) is 94.3 Å². The van der Waals surface area contributed by atoms with Crippen LogP contribution in [0.2, 0.25) is 0 Å². The number of aromatic nitrogens is 3. The van der Waals surface area contributed by atoms with E-state index in [1.165, 1.54) is 12.1 Å². The van der Waals surface area contributed by atoms with Crippen molar-refractivity contribution >= 4 is 22.8 Å². The molecule has 1 aliphatic carbocycles. The summed E-state index contributed by atoms with van der Waals surface area (Å²) in [5.41, 5.74) is 15.7. The van der Waals surface area contributed by atoms with Crippen LogP contribution in [0.5, 0.6) is 0 Å². The second-order valence-electron chi connectivity index (χ2n) is 6.61. The van der Waals surface area contributed by atoms with Crippen molar-refractivity contribution in [2.45, 2.75) is 37.6 Å². The first kappa shape index (κ1) is 15.8. The highest BCUT2D eigenvalue weighted by atomic mass is 19.1. The number of halogens is 1. The molecule has 130 valence electrons. The van der Waals surface area contributed by atoms with Crippen LogP contribution in [-0.4, -0.2) is 20.6 Å². The fourth-order valence-electron chi connectivity index (χ4n) is 3.60. The lowest BCUT2D eigenvalue weighted by molar-refractivity contribution is 0.396. The maximum atomic E-state index is 13.2. The molecule has 1 aromatic carbocycles. The molecule has 0 saturated heterocycles. The number of hydrogen-bond donors (Lipinski definition) is 3.